The molecule has 0 amide bonds. The van der Waals surface area contributed by atoms with Gasteiger partial charge in [-0.15, -0.1) is 0 Å². The molecule has 0 aromatic rings. The van der Waals surface area contributed by atoms with Crippen LogP contribution in [0.25, 0.3) is 0 Å². The average Bonchev–Trinajstić information content (AvgIpc) is 1.00. The van der Waals surface area contributed by atoms with E-state index in [9.17, 15) is 0 Å². The summed E-state index contributed by atoms with van der Waals surface area (Å²) in [6.45, 7) is 2.00. The summed E-state index contributed by atoms with van der Waals surface area (Å²) < 4.78 is 0. The minimum Gasteiger partial charge on any atom is -0.307 e. The third-order valence-corrected chi connectivity index (χ3v) is 0. The van der Waals surface area contributed by atoms with E-state index in [1.54, 1.807) is 0 Å². The average molecular weight is 197 g/mol. The Morgan fingerprint density at radius 3 is 1.20 bits per heavy atom. The van der Waals surface area contributed by atoms with Crippen molar-refractivity contribution in [1.29, 1.82) is 0 Å². The molecule has 0 heterocycles. The van der Waals surface area contributed by atoms with Crippen LogP contribution in [0.4, 0.5) is 0 Å². The van der Waals surface area contributed by atoms with Crippen LogP contribution in [-0.4, -0.2) is 6.79 Å². The second kappa shape index (κ2) is 62.7. The molecule has 0 aliphatic rings. The van der Waals surface area contributed by atoms with E-state index in [0.29, 0.717) is 0 Å². The molecule has 5 heavy (non-hydrogen) atoms. The summed E-state index contributed by atoms with van der Waals surface area (Å²) in [4.78, 5) is 8.00. The van der Waals surface area contributed by atoms with Gasteiger partial charge < -0.3 is 4.79 Å². The van der Waals surface area contributed by atoms with E-state index in [1.807, 2.05) is 6.79 Å². The third kappa shape index (κ3) is 36.5. The van der Waals surface area contributed by atoms with Crippen molar-refractivity contribution in [2.24, 2.45) is 0 Å². The molecule has 0 aliphatic heterocycles. The molecule has 0 aromatic heterocycles. The van der Waals surface area contributed by atoms with E-state index in [4.69, 9.17) is 4.79 Å². The maximum Gasteiger partial charge on any atom is 0.106 e. The molecule has 0 radical (unpaired) electrons. The van der Waals surface area contributed by atoms with Crippen LogP contribution in [0.15, 0.2) is 0 Å². The van der Waals surface area contributed by atoms with Crippen LogP contribution in [0.3, 0.4) is 0 Å². The van der Waals surface area contributed by atoms with E-state index in [-0.39, 0.29) is 50.9 Å². The van der Waals surface area contributed by atoms with Gasteiger partial charge in [0.1, 0.15) is 6.79 Å². The van der Waals surface area contributed by atoms with Crippen molar-refractivity contribution in [1.82, 2.24) is 0 Å². The van der Waals surface area contributed by atoms with Gasteiger partial charge in [0, 0.05) is 50.9 Å². The molecule has 0 rings (SSSR count). The van der Waals surface area contributed by atoms with E-state index < -0.39 is 0 Å². The molecule has 0 saturated heterocycles. The van der Waals surface area contributed by atoms with Crippen LogP contribution in [0.5, 0.6) is 0 Å². The van der Waals surface area contributed by atoms with Crippen molar-refractivity contribution in [2.45, 2.75) is 0 Å². The van der Waals surface area contributed by atoms with Gasteiger partial charge in [-0.2, -0.15) is 0 Å². The molecule has 0 atom stereocenters. The zero-order valence-corrected chi connectivity index (χ0v) is 5.56. The zero-order chi connectivity index (χ0) is 2.00. The first-order chi connectivity index (χ1) is 1.00. The Kier molecular flexibility index (Phi) is 432. The molecule has 0 N–H and O–H groups in total. The van der Waals surface area contributed by atoms with Crippen molar-refractivity contribution in [3.63, 3.8) is 0 Å². The third-order valence-electron chi connectivity index (χ3n) is 0. The Hall–Kier alpha value is 1.22. The summed E-state index contributed by atoms with van der Waals surface area (Å²) in [6.07, 6.45) is 0. The maximum atomic E-state index is 8.00. The van der Waals surface area contributed by atoms with Gasteiger partial charge in [0.25, 0.3) is 0 Å². The van der Waals surface area contributed by atoms with Gasteiger partial charge >= 0.3 is 0 Å². The number of rotatable bonds is 0. The number of carbonyl (C=O) groups excluding carboxylic acids is 1. The van der Waals surface area contributed by atoms with Gasteiger partial charge in [-0.05, 0) is 0 Å². The molecule has 4 heteroatoms. The summed E-state index contributed by atoms with van der Waals surface area (Å²) in [5, 5.41) is 0. The van der Waals surface area contributed by atoms with Crippen LogP contribution in [0.2, 0.25) is 0 Å². The van der Waals surface area contributed by atoms with Gasteiger partial charge in [0.05, 0.1) is 0 Å². The number of hydrogen-bond donors (Lipinski definition) is 0. The Bertz CT molecular complexity index is 11.6. The number of hydrogen-bond acceptors (Lipinski definition) is 1. The molecule has 1 nitrogen and oxygen atoms in total. The largest absolute Gasteiger partial charge is 0.307 e. The molecule has 0 fully saturated rings. The molecule has 0 spiro atoms. The summed E-state index contributed by atoms with van der Waals surface area (Å²) >= 11 is 0. The molecule has 0 unspecified atom stereocenters. The van der Waals surface area contributed by atoms with Crippen molar-refractivity contribution >= 4 is 6.79 Å². The molecular weight excluding hydrogens is 195 g/mol. The predicted octanol–water partition coefficient (Wildman–Crippen LogP) is -0.192. The summed E-state index contributed by atoms with van der Waals surface area (Å²) in [5.41, 5.74) is 0. The standard InChI is InChI=1S/CH2O.Cr.Fe.Ni/c1-2;;;/h1H2;;;. The smallest absolute Gasteiger partial charge is 0.106 e. The Morgan fingerprint density at radius 1 is 1.20 bits per heavy atom. The van der Waals surface area contributed by atoms with E-state index in [1.165, 1.54) is 0 Å². The molecule has 0 saturated carbocycles. The fraction of sp³-hybridized carbons (Fsp3) is 0. The van der Waals surface area contributed by atoms with Crippen LogP contribution >= 0.6 is 0 Å². The maximum absolute atomic E-state index is 8.00. The van der Waals surface area contributed by atoms with Gasteiger partial charge in [-0.1, -0.05) is 0 Å². The van der Waals surface area contributed by atoms with Gasteiger partial charge in [-0.25, -0.2) is 0 Å². The van der Waals surface area contributed by atoms with E-state index in [0.717, 1.165) is 0 Å². The van der Waals surface area contributed by atoms with Crippen molar-refractivity contribution in [2.75, 3.05) is 0 Å². The van der Waals surface area contributed by atoms with E-state index >= 15 is 0 Å². The SMILES string of the molecule is C=O.[Cr].[Fe].[Ni]. The molecular formula is CH2CrFeNiO. The Labute approximate surface area is 62.4 Å². The fourth-order valence-corrected chi connectivity index (χ4v) is 0. The first-order valence-electron chi connectivity index (χ1n) is 0.289. The van der Waals surface area contributed by atoms with Gasteiger partial charge in [0.2, 0.25) is 0 Å². The van der Waals surface area contributed by atoms with Crippen molar-refractivity contribution in [3.05, 3.63) is 0 Å². The second-order valence-electron chi connectivity index (χ2n) is 0. The van der Waals surface area contributed by atoms with E-state index in [2.05, 4.69) is 0 Å². The Balaban J connectivity index is -0.00000000167. The van der Waals surface area contributed by atoms with Crippen molar-refractivity contribution < 1.29 is 55.7 Å². The van der Waals surface area contributed by atoms with Crippen LogP contribution in [0.1, 0.15) is 0 Å². The molecule has 36 valence electrons. The van der Waals surface area contributed by atoms with Crippen LogP contribution in [-0.2, 0) is 55.7 Å². The molecule has 0 aromatic carbocycles. The second-order valence-corrected chi connectivity index (χ2v) is 0. The zero-order valence-electron chi connectivity index (χ0n) is 2.19. The normalized spacial score (nSPS) is 0.800. The molecule has 0 aliphatic carbocycles. The predicted molar refractivity (Wildman–Crippen MR) is 7.12 cm³/mol. The first kappa shape index (κ1) is 34.4. The van der Waals surface area contributed by atoms with Gasteiger partial charge in [-0.3, -0.25) is 0 Å². The fourth-order valence-electron chi connectivity index (χ4n) is 0. The van der Waals surface area contributed by atoms with Crippen LogP contribution in [0, 0.1) is 0 Å². The van der Waals surface area contributed by atoms with Gasteiger partial charge in [0.15, 0.2) is 0 Å². The van der Waals surface area contributed by atoms with Crippen LogP contribution < -0.4 is 0 Å². The van der Waals surface area contributed by atoms with Crippen molar-refractivity contribution in [3.8, 4) is 0 Å². The summed E-state index contributed by atoms with van der Waals surface area (Å²) in [5.74, 6) is 0. The minimum absolute atomic E-state index is 0. The molecule has 0 bridgehead atoms. The topological polar surface area (TPSA) is 17.1 Å². The first-order valence-corrected chi connectivity index (χ1v) is 0.289. The Morgan fingerprint density at radius 2 is 1.20 bits per heavy atom. The monoisotopic (exact) mass is 196 g/mol. The number of carbonyl (C=O) groups is 1. The summed E-state index contributed by atoms with van der Waals surface area (Å²) in [7, 11) is 0. The quantitative estimate of drug-likeness (QED) is 0.491. The summed E-state index contributed by atoms with van der Waals surface area (Å²) in [6, 6.07) is 0. The minimum atomic E-state index is 0.